The van der Waals surface area contributed by atoms with Gasteiger partial charge >= 0.3 is 0 Å². The molecule has 5 heteroatoms. The highest BCUT2D eigenvalue weighted by atomic mass is 35.5. The highest BCUT2D eigenvalue weighted by Gasteiger charge is 2.22. The van der Waals surface area contributed by atoms with Crippen LogP contribution in [0.4, 0.5) is 0 Å². The van der Waals surface area contributed by atoms with Crippen LogP contribution in [0, 0.1) is 0 Å². The van der Waals surface area contributed by atoms with E-state index in [2.05, 4.69) is 24.1 Å². The van der Waals surface area contributed by atoms with Crippen LogP contribution in [-0.4, -0.2) is 35.2 Å². The zero-order chi connectivity index (χ0) is 13.3. The first-order valence-corrected chi connectivity index (χ1v) is 6.86. The van der Waals surface area contributed by atoms with Gasteiger partial charge in [-0.15, -0.1) is 0 Å². The molecule has 3 nitrogen and oxygen atoms in total. The average Bonchev–Trinajstić information content (AvgIpc) is 2.23. The summed E-state index contributed by atoms with van der Waals surface area (Å²) in [6, 6.07) is 4.24. The van der Waals surface area contributed by atoms with Crippen molar-refractivity contribution in [1.82, 2.24) is 10.2 Å². The van der Waals surface area contributed by atoms with Gasteiger partial charge in [-0.1, -0.05) is 23.2 Å². The summed E-state index contributed by atoms with van der Waals surface area (Å²) in [7, 11) is 0. The fraction of sp³-hybridized carbons (Fsp3) is 0.538. The lowest BCUT2D eigenvalue weighted by atomic mass is 10.1. The second-order valence-electron chi connectivity index (χ2n) is 5.06. The summed E-state index contributed by atoms with van der Waals surface area (Å²) in [5.41, 5.74) is 0.786. The Labute approximate surface area is 118 Å². The van der Waals surface area contributed by atoms with Gasteiger partial charge in [-0.3, -0.25) is 4.90 Å². The van der Waals surface area contributed by atoms with Crippen molar-refractivity contribution in [2.24, 2.45) is 0 Å². The maximum absolute atomic E-state index is 9.95. The molecule has 1 aliphatic rings. The number of halogens is 2. The minimum atomic E-state index is 0.139. The first-order chi connectivity index (χ1) is 8.45. The molecule has 0 saturated carbocycles. The van der Waals surface area contributed by atoms with Crippen molar-refractivity contribution >= 4 is 23.2 Å². The van der Waals surface area contributed by atoms with Crippen LogP contribution >= 0.6 is 23.2 Å². The van der Waals surface area contributed by atoms with Gasteiger partial charge in [0.2, 0.25) is 0 Å². The summed E-state index contributed by atoms with van der Waals surface area (Å²) < 4.78 is 0. The lowest BCUT2D eigenvalue weighted by Gasteiger charge is -2.36. The van der Waals surface area contributed by atoms with Crippen molar-refractivity contribution in [2.75, 3.05) is 13.1 Å². The number of aromatic hydroxyl groups is 1. The Hall–Kier alpha value is -0.480. The van der Waals surface area contributed by atoms with Crippen LogP contribution < -0.4 is 5.32 Å². The van der Waals surface area contributed by atoms with Gasteiger partial charge in [-0.25, -0.2) is 0 Å². The Bertz CT molecular complexity index is 429. The Morgan fingerprint density at radius 1 is 1.28 bits per heavy atom. The summed E-state index contributed by atoms with van der Waals surface area (Å²) in [4.78, 5) is 2.30. The fourth-order valence-electron chi connectivity index (χ4n) is 2.55. The van der Waals surface area contributed by atoms with Gasteiger partial charge in [0.05, 0.1) is 5.02 Å². The molecule has 2 unspecified atom stereocenters. The second kappa shape index (κ2) is 5.66. The third-order valence-corrected chi connectivity index (χ3v) is 3.64. The molecule has 1 heterocycles. The van der Waals surface area contributed by atoms with E-state index in [-0.39, 0.29) is 5.75 Å². The van der Waals surface area contributed by atoms with E-state index in [4.69, 9.17) is 23.2 Å². The van der Waals surface area contributed by atoms with Crippen LogP contribution in [0.3, 0.4) is 0 Å². The first kappa shape index (κ1) is 13.9. The maximum Gasteiger partial charge on any atom is 0.138 e. The molecular formula is C13H18Cl2N2O. The number of benzene rings is 1. The Morgan fingerprint density at radius 3 is 2.50 bits per heavy atom. The maximum atomic E-state index is 9.95. The van der Waals surface area contributed by atoms with Crippen molar-refractivity contribution in [3.8, 4) is 5.75 Å². The number of hydrogen-bond acceptors (Lipinski definition) is 3. The normalized spacial score (nSPS) is 25.3. The van der Waals surface area contributed by atoms with Gasteiger partial charge in [0.15, 0.2) is 0 Å². The van der Waals surface area contributed by atoms with Gasteiger partial charge in [0.1, 0.15) is 5.75 Å². The molecule has 0 spiro atoms. The molecule has 18 heavy (non-hydrogen) atoms. The third-order valence-electron chi connectivity index (χ3n) is 3.13. The molecule has 2 N–H and O–H groups in total. The third kappa shape index (κ3) is 3.29. The number of nitrogens with one attached hydrogen (secondary N) is 1. The summed E-state index contributed by atoms with van der Waals surface area (Å²) in [6.07, 6.45) is 0. The highest BCUT2D eigenvalue weighted by molar-refractivity contribution is 6.35. The van der Waals surface area contributed by atoms with Crippen LogP contribution in [0.1, 0.15) is 19.4 Å². The van der Waals surface area contributed by atoms with Crippen molar-refractivity contribution in [3.05, 3.63) is 27.7 Å². The lowest BCUT2D eigenvalue weighted by molar-refractivity contribution is 0.165. The number of piperazine rings is 1. The highest BCUT2D eigenvalue weighted by Crippen LogP contribution is 2.32. The molecule has 0 amide bonds. The molecule has 2 rings (SSSR count). The van der Waals surface area contributed by atoms with Crippen molar-refractivity contribution in [2.45, 2.75) is 32.5 Å². The standard InChI is InChI=1S/C13H18Cl2N2O/c1-8-5-17(6-9(2)16-8)7-10-3-11(14)4-12(15)13(10)18/h3-4,8-9,16,18H,5-7H2,1-2H3. The quantitative estimate of drug-likeness (QED) is 0.878. The van der Waals surface area contributed by atoms with E-state index in [1.165, 1.54) is 0 Å². The van der Waals surface area contributed by atoms with E-state index in [9.17, 15) is 5.11 Å². The Balaban J connectivity index is 2.14. The van der Waals surface area contributed by atoms with Gasteiger partial charge in [-0.05, 0) is 26.0 Å². The number of phenols is 1. The van der Waals surface area contributed by atoms with Gasteiger partial charge in [0, 0.05) is 42.3 Å². The topological polar surface area (TPSA) is 35.5 Å². The summed E-state index contributed by atoms with van der Waals surface area (Å²) in [5.74, 6) is 0.139. The SMILES string of the molecule is CC1CN(Cc2cc(Cl)cc(Cl)c2O)CC(C)N1. The van der Waals surface area contributed by atoms with Crippen LogP contribution in [0.15, 0.2) is 12.1 Å². The first-order valence-electron chi connectivity index (χ1n) is 6.11. The predicted octanol–water partition coefficient (Wildman–Crippen LogP) is 2.88. The average molecular weight is 289 g/mol. The van der Waals surface area contributed by atoms with Crippen LogP contribution in [0.25, 0.3) is 0 Å². The predicted molar refractivity (Wildman–Crippen MR) is 75.5 cm³/mol. The summed E-state index contributed by atoms with van der Waals surface area (Å²) >= 11 is 11.9. The zero-order valence-electron chi connectivity index (χ0n) is 10.6. The molecule has 0 aliphatic carbocycles. The van der Waals surface area contributed by atoms with Crippen LogP contribution in [0.5, 0.6) is 5.75 Å². The Morgan fingerprint density at radius 2 is 1.89 bits per heavy atom. The molecule has 0 bridgehead atoms. The fourth-order valence-corrected chi connectivity index (χ4v) is 3.09. The van der Waals surface area contributed by atoms with E-state index in [1.807, 2.05) is 0 Å². The second-order valence-corrected chi connectivity index (χ2v) is 5.90. The molecule has 0 aromatic heterocycles. The molecule has 1 aromatic carbocycles. The minimum absolute atomic E-state index is 0.139. The van der Waals surface area contributed by atoms with Crippen LogP contribution in [-0.2, 0) is 6.54 Å². The Kier molecular flexibility index (Phi) is 4.38. The van der Waals surface area contributed by atoms with Gasteiger partial charge in [0.25, 0.3) is 0 Å². The van der Waals surface area contributed by atoms with Crippen molar-refractivity contribution < 1.29 is 5.11 Å². The smallest absolute Gasteiger partial charge is 0.138 e. The van der Waals surface area contributed by atoms with Crippen molar-refractivity contribution in [1.29, 1.82) is 0 Å². The van der Waals surface area contributed by atoms with E-state index < -0.39 is 0 Å². The number of hydrogen-bond donors (Lipinski definition) is 2. The number of rotatable bonds is 2. The molecule has 1 aliphatic heterocycles. The molecule has 2 atom stereocenters. The van der Waals surface area contributed by atoms with E-state index in [0.29, 0.717) is 28.7 Å². The zero-order valence-corrected chi connectivity index (χ0v) is 12.1. The van der Waals surface area contributed by atoms with Gasteiger partial charge < -0.3 is 10.4 Å². The summed E-state index contributed by atoms with van der Waals surface area (Å²) in [6.45, 7) is 6.89. The lowest BCUT2D eigenvalue weighted by Crippen LogP contribution is -2.53. The molecular weight excluding hydrogens is 271 g/mol. The monoisotopic (exact) mass is 288 g/mol. The van der Waals surface area contributed by atoms with Crippen LogP contribution in [0.2, 0.25) is 10.0 Å². The molecule has 1 saturated heterocycles. The van der Waals surface area contributed by atoms with E-state index in [1.54, 1.807) is 12.1 Å². The largest absolute Gasteiger partial charge is 0.506 e. The summed E-state index contributed by atoms with van der Waals surface area (Å²) in [5, 5.41) is 14.3. The molecule has 0 radical (unpaired) electrons. The number of phenolic OH excluding ortho intramolecular Hbond substituents is 1. The minimum Gasteiger partial charge on any atom is -0.506 e. The molecule has 1 aromatic rings. The van der Waals surface area contributed by atoms with Crippen molar-refractivity contribution in [3.63, 3.8) is 0 Å². The van der Waals surface area contributed by atoms with E-state index >= 15 is 0 Å². The van der Waals surface area contributed by atoms with Gasteiger partial charge in [-0.2, -0.15) is 0 Å². The molecule has 100 valence electrons. The number of nitrogens with zero attached hydrogens (tertiary/aromatic N) is 1. The molecule has 1 fully saturated rings. The van der Waals surface area contributed by atoms with E-state index in [0.717, 1.165) is 18.7 Å².